The van der Waals surface area contributed by atoms with E-state index in [0.29, 0.717) is 13.2 Å². The summed E-state index contributed by atoms with van der Waals surface area (Å²) in [5.41, 5.74) is 4.64. The Morgan fingerprint density at radius 2 is 1.88 bits per heavy atom. The van der Waals surface area contributed by atoms with Crippen LogP contribution in [0.5, 0.6) is 5.75 Å². The van der Waals surface area contributed by atoms with E-state index in [1.165, 1.54) is 11.1 Å². The average molecular weight is 324 g/mol. The summed E-state index contributed by atoms with van der Waals surface area (Å²) < 4.78 is 13.5. The maximum Gasteiger partial charge on any atom is 0.135 e. The highest BCUT2D eigenvalue weighted by atomic mass is 16.5. The SMILES string of the molecule is COCc1nc2ccccc2n1CCCOc1cccc(C)c1C. The van der Waals surface area contributed by atoms with Crippen molar-refractivity contribution in [3.8, 4) is 5.75 Å². The predicted molar refractivity (Wildman–Crippen MR) is 96.5 cm³/mol. The molecule has 4 nitrogen and oxygen atoms in total. The van der Waals surface area contributed by atoms with Crippen LogP contribution in [0, 0.1) is 13.8 Å². The van der Waals surface area contributed by atoms with Crippen LogP contribution >= 0.6 is 0 Å². The first kappa shape index (κ1) is 16.5. The van der Waals surface area contributed by atoms with E-state index in [-0.39, 0.29) is 0 Å². The molecule has 1 heterocycles. The Morgan fingerprint density at radius 3 is 2.71 bits per heavy atom. The van der Waals surface area contributed by atoms with Crippen LogP contribution in [0.2, 0.25) is 0 Å². The second-order valence-electron chi connectivity index (χ2n) is 6.00. The molecule has 0 saturated heterocycles. The molecule has 0 amide bonds. The van der Waals surface area contributed by atoms with Gasteiger partial charge in [0, 0.05) is 13.7 Å². The minimum Gasteiger partial charge on any atom is -0.493 e. The summed E-state index contributed by atoms with van der Waals surface area (Å²) in [6, 6.07) is 14.4. The summed E-state index contributed by atoms with van der Waals surface area (Å²) in [5, 5.41) is 0. The van der Waals surface area contributed by atoms with Crippen molar-refractivity contribution in [2.75, 3.05) is 13.7 Å². The molecule has 0 bridgehead atoms. The molecule has 0 unspecified atom stereocenters. The van der Waals surface area contributed by atoms with Gasteiger partial charge >= 0.3 is 0 Å². The Kier molecular flexibility index (Phi) is 5.16. The molecular formula is C20H24N2O2. The molecule has 2 aromatic carbocycles. The minimum absolute atomic E-state index is 0.520. The average Bonchev–Trinajstić information content (AvgIpc) is 2.93. The Balaban J connectivity index is 1.67. The predicted octanol–water partition coefficient (Wildman–Crippen LogP) is 4.27. The number of aryl methyl sites for hydroxylation is 2. The van der Waals surface area contributed by atoms with Gasteiger partial charge in [-0.15, -0.1) is 0 Å². The summed E-state index contributed by atoms with van der Waals surface area (Å²) in [6.45, 7) is 6.28. The number of hydrogen-bond donors (Lipinski definition) is 0. The van der Waals surface area contributed by atoms with Gasteiger partial charge in [0.2, 0.25) is 0 Å². The van der Waals surface area contributed by atoms with E-state index in [1.54, 1.807) is 7.11 Å². The van der Waals surface area contributed by atoms with Crippen molar-refractivity contribution >= 4 is 11.0 Å². The second kappa shape index (κ2) is 7.49. The highest BCUT2D eigenvalue weighted by Gasteiger charge is 2.10. The number of ether oxygens (including phenoxy) is 2. The zero-order chi connectivity index (χ0) is 16.9. The first-order chi connectivity index (χ1) is 11.7. The lowest BCUT2D eigenvalue weighted by atomic mass is 10.1. The quantitative estimate of drug-likeness (QED) is 0.609. The fraction of sp³-hybridized carbons (Fsp3) is 0.350. The molecule has 126 valence electrons. The Bertz CT molecular complexity index is 824. The molecule has 1 aromatic heterocycles. The molecule has 3 aromatic rings. The maximum absolute atomic E-state index is 5.96. The third kappa shape index (κ3) is 3.44. The normalized spacial score (nSPS) is 11.1. The molecule has 0 N–H and O–H groups in total. The van der Waals surface area contributed by atoms with Crippen LogP contribution in [0.15, 0.2) is 42.5 Å². The first-order valence-electron chi connectivity index (χ1n) is 8.33. The molecule has 0 aliphatic carbocycles. The number of benzene rings is 2. The Labute approximate surface area is 143 Å². The monoisotopic (exact) mass is 324 g/mol. The summed E-state index contributed by atoms with van der Waals surface area (Å²) in [4.78, 5) is 4.66. The fourth-order valence-corrected chi connectivity index (χ4v) is 2.90. The van der Waals surface area contributed by atoms with Gasteiger partial charge in [-0.25, -0.2) is 4.98 Å². The van der Waals surface area contributed by atoms with Gasteiger partial charge in [-0.05, 0) is 49.6 Å². The topological polar surface area (TPSA) is 36.3 Å². The van der Waals surface area contributed by atoms with Crippen LogP contribution < -0.4 is 4.74 Å². The first-order valence-corrected chi connectivity index (χ1v) is 8.33. The molecular weight excluding hydrogens is 300 g/mol. The van der Waals surface area contributed by atoms with Gasteiger partial charge in [-0.2, -0.15) is 0 Å². The molecule has 24 heavy (non-hydrogen) atoms. The number of para-hydroxylation sites is 2. The fourth-order valence-electron chi connectivity index (χ4n) is 2.90. The zero-order valence-corrected chi connectivity index (χ0v) is 14.6. The number of fused-ring (bicyclic) bond motifs is 1. The van der Waals surface area contributed by atoms with E-state index in [9.17, 15) is 0 Å². The van der Waals surface area contributed by atoms with Gasteiger partial charge in [-0.1, -0.05) is 24.3 Å². The van der Waals surface area contributed by atoms with E-state index >= 15 is 0 Å². The smallest absolute Gasteiger partial charge is 0.135 e. The van der Waals surface area contributed by atoms with Crippen LogP contribution in [0.1, 0.15) is 23.4 Å². The number of rotatable bonds is 7. The van der Waals surface area contributed by atoms with E-state index in [2.05, 4.69) is 35.5 Å². The number of aromatic nitrogens is 2. The Morgan fingerprint density at radius 1 is 1.04 bits per heavy atom. The van der Waals surface area contributed by atoms with Crippen LogP contribution in [0.4, 0.5) is 0 Å². The second-order valence-corrected chi connectivity index (χ2v) is 6.00. The van der Waals surface area contributed by atoms with Crippen molar-refractivity contribution < 1.29 is 9.47 Å². The zero-order valence-electron chi connectivity index (χ0n) is 14.6. The molecule has 0 spiro atoms. The molecule has 3 rings (SSSR count). The molecule has 0 aliphatic heterocycles. The van der Waals surface area contributed by atoms with Crippen LogP contribution in [0.3, 0.4) is 0 Å². The van der Waals surface area contributed by atoms with Crippen molar-refractivity contribution in [3.05, 3.63) is 59.4 Å². The summed E-state index contributed by atoms with van der Waals surface area (Å²) in [6.07, 6.45) is 0.921. The third-order valence-electron chi connectivity index (χ3n) is 4.35. The van der Waals surface area contributed by atoms with Crippen LogP contribution in [-0.4, -0.2) is 23.3 Å². The van der Waals surface area contributed by atoms with Gasteiger partial charge in [0.05, 0.1) is 17.6 Å². The number of nitrogens with zero attached hydrogens (tertiary/aromatic N) is 2. The van der Waals surface area contributed by atoms with Crippen molar-refractivity contribution in [1.29, 1.82) is 0 Å². The maximum atomic E-state index is 5.96. The number of hydrogen-bond acceptors (Lipinski definition) is 3. The van der Waals surface area contributed by atoms with Crippen molar-refractivity contribution in [2.24, 2.45) is 0 Å². The van der Waals surface area contributed by atoms with Crippen LogP contribution in [-0.2, 0) is 17.9 Å². The lowest BCUT2D eigenvalue weighted by molar-refractivity contribution is 0.174. The molecule has 0 fully saturated rings. The van der Waals surface area contributed by atoms with E-state index in [1.807, 2.05) is 30.3 Å². The molecule has 0 saturated carbocycles. The molecule has 4 heteroatoms. The number of imidazole rings is 1. The summed E-state index contributed by atoms with van der Waals surface area (Å²) in [7, 11) is 1.70. The van der Waals surface area contributed by atoms with E-state index in [4.69, 9.17) is 9.47 Å². The lowest BCUT2D eigenvalue weighted by Crippen LogP contribution is -2.09. The largest absolute Gasteiger partial charge is 0.493 e. The van der Waals surface area contributed by atoms with E-state index < -0.39 is 0 Å². The van der Waals surface area contributed by atoms with Crippen molar-refractivity contribution in [3.63, 3.8) is 0 Å². The molecule has 0 atom stereocenters. The van der Waals surface area contributed by atoms with Crippen LogP contribution in [0.25, 0.3) is 11.0 Å². The lowest BCUT2D eigenvalue weighted by Gasteiger charge is -2.12. The van der Waals surface area contributed by atoms with Gasteiger partial charge < -0.3 is 14.0 Å². The van der Waals surface area contributed by atoms with E-state index in [0.717, 1.165) is 35.6 Å². The number of methoxy groups -OCH3 is 1. The molecule has 0 aliphatic rings. The Hall–Kier alpha value is -2.33. The van der Waals surface area contributed by atoms with Crippen molar-refractivity contribution in [1.82, 2.24) is 9.55 Å². The van der Waals surface area contributed by atoms with Gasteiger partial charge in [0.15, 0.2) is 0 Å². The minimum atomic E-state index is 0.520. The highest BCUT2D eigenvalue weighted by molar-refractivity contribution is 5.75. The van der Waals surface area contributed by atoms with Gasteiger partial charge in [0.25, 0.3) is 0 Å². The third-order valence-corrected chi connectivity index (χ3v) is 4.35. The highest BCUT2D eigenvalue weighted by Crippen LogP contribution is 2.21. The summed E-state index contributed by atoms with van der Waals surface area (Å²) in [5.74, 6) is 1.94. The summed E-state index contributed by atoms with van der Waals surface area (Å²) >= 11 is 0. The van der Waals surface area contributed by atoms with Gasteiger partial charge in [0.1, 0.15) is 18.2 Å². The molecule has 0 radical (unpaired) electrons. The van der Waals surface area contributed by atoms with Gasteiger partial charge in [-0.3, -0.25) is 0 Å². The van der Waals surface area contributed by atoms with Crippen molar-refractivity contribution in [2.45, 2.75) is 33.4 Å². The standard InChI is InChI=1S/C20H24N2O2/c1-15-8-6-11-19(16(15)2)24-13-7-12-22-18-10-5-4-9-17(18)21-20(22)14-23-3/h4-6,8-11H,7,12-14H2,1-3H3.